The summed E-state index contributed by atoms with van der Waals surface area (Å²) in [6.45, 7) is 4.75. The summed E-state index contributed by atoms with van der Waals surface area (Å²) in [4.78, 5) is 23.1. The molecule has 62 heavy (non-hydrogen) atoms. The molecule has 0 aliphatic heterocycles. The third kappa shape index (κ3) is 46.7. The van der Waals surface area contributed by atoms with Crippen molar-refractivity contribution in [2.45, 2.75) is 257 Å². The van der Waals surface area contributed by atoms with E-state index >= 15 is 0 Å². The number of nitrogens with zero attached hydrogens (tertiary/aromatic N) is 1. The Labute approximate surface area is 385 Å². The molecule has 3 atom stereocenters. The molecule has 1 amide bonds. The van der Waals surface area contributed by atoms with Crippen LogP contribution in [0.3, 0.4) is 0 Å². The number of hydrogen-bond donors (Lipinski definition) is 3. The number of phosphoric acid groups is 1. The average Bonchev–Trinajstić information content (AvgIpc) is 3.23. The van der Waals surface area contributed by atoms with Gasteiger partial charge in [0.1, 0.15) is 13.2 Å². The van der Waals surface area contributed by atoms with E-state index in [0.29, 0.717) is 17.4 Å². The van der Waals surface area contributed by atoms with E-state index in [1.165, 1.54) is 186 Å². The Bertz CT molecular complexity index is 1110. The number of carbonyl (C=O) groups is 1. The third-order valence-electron chi connectivity index (χ3n) is 11.8. The van der Waals surface area contributed by atoms with Crippen molar-refractivity contribution in [2.75, 3.05) is 40.9 Å². The number of rotatable bonds is 48. The number of quaternary nitrogens is 1. The monoisotopic (exact) mass is 896 g/mol. The smallest absolute Gasteiger partial charge is 0.387 e. The van der Waals surface area contributed by atoms with Crippen LogP contribution in [0, 0.1) is 0 Å². The van der Waals surface area contributed by atoms with Gasteiger partial charge in [-0.05, 0) is 57.8 Å². The van der Waals surface area contributed by atoms with Gasteiger partial charge < -0.3 is 19.8 Å². The van der Waals surface area contributed by atoms with Crippen LogP contribution in [0.1, 0.15) is 245 Å². The van der Waals surface area contributed by atoms with Crippen molar-refractivity contribution in [3.05, 3.63) is 36.5 Å². The van der Waals surface area contributed by atoms with Crippen LogP contribution in [-0.4, -0.2) is 73.4 Å². The van der Waals surface area contributed by atoms with E-state index in [1.807, 2.05) is 27.2 Å². The van der Waals surface area contributed by atoms with Crippen molar-refractivity contribution in [1.29, 1.82) is 0 Å². The quantitative estimate of drug-likeness (QED) is 0.0243. The van der Waals surface area contributed by atoms with E-state index < -0.39 is 20.0 Å². The van der Waals surface area contributed by atoms with E-state index in [4.69, 9.17) is 9.05 Å². The summed E-state index contributed by atoms with van der Waals surface area (Å²) < 4.78 is 23.5. The normalized spacial score (nSPS) is 14.4. The second-order valence-corrected chi connectivity index (χ2v) is 20.7. The summed E-state index contributed by atoms with van der Waals surface area (Å²) in [5, 5.41) is 13.8. The Morgan fingerprint density at radius 2 is 0.887 bits per heavy atom. The zero-order valence-electron chi connectivity index (χ0n) is 41.6. The highest BCUT2D eigenvalue weighted by molar-refractivity contribution is 7.47. The molecule has 0 aromatic heterocycles. The molecule has 0 aliphatic rings. The number of allylic oxidation sites excluding steroid dienone is 5. The molecule has 0 saturated carbocycles. The Morgan fingerprint density at radius 3 is 1.32 bits per heavy atom. The largest absolute Gasteiger partial charge is 0.472 e. The van der Waals surface area contributed by atoms with E-state index in [1.54, 1.807) is 6.08 Å². The van der Waals surface area contributed by atoms with Gasteiger partial charge in [0, 0.05) is 6.42 Å². The number of phosphoric ester groups is 1. The highest BCUT2D eigenvalue weighted by Crippen LogP contribution is 2.43. The van der Waals surface area contributed by atoms with Gasteiger partial charge >= 0.3 is 7.82 Å². The number of likely N-dealkylation sites (N-methyl/N-ethyl adjacent to an activating group) is 1. The van der Waals surface area contributed by atoms with Crippen molar-refractivity contribution >= 4 is 13.7 Å². The number of unbranched alkanes of at least 4 members (excludes halogenated alkanes) is 31. The first-order chi connectivity index (χ1) is 30.0. The summed E-state index contributed by atoms with van der Waals surface area (Å²) in [6.07, 6.45) is 57.0. The molecule has 366 valence electrons. The third-order valence-corrected chi connectivity index (χ3v) is 12.8. The molecule has 0 bridgehead atoms. The van der Waals surface area contributed by atoms with Gasteiger partial charge in [0.15, 0.2) is 0 Å². The molecule has 8 nitrogen and oxygen atoms in total. The van der Waals surface area contributed by atoms with E-state index in [2.05, 4.69) is 43.5 Å². The Balaban J connectivity index is 3.97. The lowest BCUT2D eigenvalue weighted by atomic mass is 10.0. The van der Waals surface area contributed by atoms with Crippen LogP contribution < -0.4 is 5.32 Å². The Morgan fingerprint density at radius 1 is 0.532 bits per heavy atom. The molecule has 3 N–H and O–H groups in total. The molecule has 0 aromatic carbocycles. The SMILES string of the molecule is CCCCC/C=C/CC/C=C/C(O)C(COP(=O)(O)OCC[N+](C)(C)C)NC(=O)CCCCCCCCCCCCCCCCC/C=C\CCCCCCCCCCCCCC. The first kappa shape index (κ1) is 60.7. The van der Waals surface area contributed by atoms with Gasteiger partial charge in [-0.15, -0.1) is 0 Å². The van der Waals surface area contributed by atoms with Crippen molar-refractivity contribution in [1.82, 2.24) is 5.32 Å². The molecular formula is C53H104N2O6P+. The molecule has 9 heteroatoms. The topological polar surface area (TPSA) is 105 Å². The molecule has 0 aliphatic carbocycles. The number of hydrogen-bond acceptors (Lipinski definition) is 5. The fourth-order valence-corrected chi connectivity index (χ4v) is 8.38. The lowest BCUT2D eigenvalue weighted by Crippen LogP contribution is -2.45. The maximum Gasteiger partial charge on any atom is 0.472 e. The van der Waals surface area contributed by atoms with Gasteiger partial charge in [-0.1, -0.05) is 217 Å². The van der Waals surface area contributed by atoms with Crippen molar-refractivity contribution < 1.29 is 32.9 Å². The van der Waals surface area contributed by atoms with E-state index in [9.17, 15) is 19.4 Å². The summed E-state index contributed by atoms with van der Waals surface area (Å²) in [5.74, 6) is -0.188. The summed E-state index contributed by atoms with van der Waals surface area (Å²) in [6, 6.07) is -0.859. The highest BCUT2D eigenvalue weighted by Gasteiger charge is 2.27. The van der Waals surface area contributed by atoms with Crippen LogP contribution in [0.2, 0.25) is 0 Å². The second-order valence-electron chi connectivity index (χ2n) is 19.2. The van der Waals surface area contributed by atoms with Crippen LogP contribution in [0.25, 0.3) is 0 Å². The highest BCUT2D eigenvalue weighted by atomic mass is 31.2. The zero-order valence-corrected chi connectivity index (χ0v) is 42.5. The minimum Gasteiger partial charge on any atom is -0.387 e. The fraction of sp³-hybridized carbons (Fsp3) is 0.868. The first-order valence-electron chi connectivity index (χ1n) is 26.4. The van der Waals surface area contributed by atoms with Crippen LogP contribution in [0.4, 0.5) is 0 Å². The van der Waals surface area contributed by atoms with Crippen LogP contribution in [0.15, 0.2) is 36.5 Å². The minimum absolute atomic E-state index is 0.0565. The molecule has 0 fully saturated rings. The number of aliphatic hydroxyl groups is 1. The molecule has 0 rings (SSSR count). The number of aliphatic hydroxyl groups excluding tert-OH is 1. The predicted molar refractivity (Wildman–Crippen MR) is 268 cm³/mol. The molecule has 0 radical (unpaired) electrons. The van der Waals surface area contributed by atoms with Crippen molar-refractivity contribution in [3.63, 3.8) is 0 Å². The van der Waals surface area contributed by atoms with Crippen LogP contribution in [-0.2, 0) is 18.4 Å². The van der Waals surface area contributed by atoms with E-state index in [0.717, 1.165) is 38.5 Å². The van der Waals surface area contributed by atoms with Gasteiger partial charge in [-0.25, -0.2) is 4.57 Å². The number of nitrogens with one attached hydrogen (secondary N) is 1. The van der Waals surface area contributed by atoms with E-state index in [-0.39, 0.29) is 19.1 Å². The van der Waals surface area contributed by atoms with Crippen LogP contribution >= 0.6 is 7.82 Å². The van der Waals surface area contributed by atoms with Gasteiger partial charge in [0.25, 0.3) is 0 Å². The molecular weight excluding hydrogens is 792 g/mol. The number of carbonyl (C=O) groups excluding carboxylic acids is 1. The maximum atomic E-state index is 12.9. The summed E-state index contributed by atoms with van der Waals surface area (Å²) in [5.41, 5.74) is 0. The zero-order chi connectivity index (χ0) is 45.7. The minimum atomic E-state index is -4.34. The molecule has 0 aromatic rings. The summed E-state index contributed by atoms with van der Waals surface area (Å²) in [7, 11) is 1.56. The Hall–Kier alpha value is -1.28. The molecule has 0 saturated heterocycles. The maximum absolute atomic E-state index is 12.9. The lowest BCUT2D eigenvalue weighted by molar-refractivity contribution is -0.870. The van der Waals surface area contributed by atoms with Crippen molar-refractivity contribution in [3.8, 4) is 0 Å². The van der Waals surface area contributed by atoms with Gasteiger partial charge in [0.2, 0.25) is 5.91 Å². The average molecular weight is 896 g/mol. The van der Waals surface area contributed by atoms with Crippen LogP contribution in [0.5, 0.6) is 0 Å². The summed E-state index contributed by atoms with van der Waals surface area (Å²) >= 11 is 0. The lowest BCUT2D eigenvalue weighted by Gasteiger charge is -2.25. The second kappa shape index (κ2) is 44.9. The Kier molecular flexibility index (Phi) is 44.0. The number of amides is 1. The first-order valence-corrected chi connectivity index (χ1v) is 27.9. The molecule has 0 heterocycles. The van der Waals surface area contributed by atoms with Crippen molar-refractivity contribution in [2.24, 2.45) is 0 Å². The molecule has 0 spiro atoms. The standard InChI is InChI=1S/C53H103N2O6P/c1-6-8-10-12-14-16-17-18-19-20-21-22-23-24-25-26-27-28-29-30-31-32-33-34-35-36-37-39-41-43-45-47-53(57)54-51(50-61-62(58,59)60-49-48-55(3,4)5)52(56)46-44-42-40-38-15-13-11-9-7-2/h15,24-25,38,44,46,51-52,56H,6-14,16-23,26-37,39-43,45,47-50H2,1-5H3,(H-,54,57,58,59)/p+1/b25-24-,38-15+,46-44+. The fourth-order valence-electron chi connectivity index (χ4n) is 7.64. The van der Waals surface area contributed by atoms with Gasteiger partial charge in [-0.2, -0.15) is 0 Å². The van der Waals surface area contributed by atoms with Gasteiger partial charge in [0.05, 0.1) is 39.9 Å². The van der Waals surface area contributed by atoms with Gasteiger partial charge in [-0.3, -0.25) is 13.8 Å². The molecule has 3 unspecified atom stereocenters. The predicted octanol–water partition coefficient (Wildman–Crippen LogP) is 15.4.